The summed E-state index contributed by atoms with van der Waals surface area (Å²) in [6.07, 6.45) is 0. The zero-order valence-corrected chi connectivity index (χ0v) is 14.5. The van der Waals surface area contributed by atoms with Gasteiger partial charge in [0.2, 0.25) is 0 Å². The first-order valence-electron chi connectivity index (χ1n) is 6.80. The predicted molar refractivity (Wildman–Crippen MR) is 96.3 cm³/mol. The Bertz CT molecular complexity index is 909. The third-order valence-corrected chi connectivity index (χ3v) is 4.47. The van der Waals surface area contributed by atoms with Gasteiger partial charge in [-0.1, -0.05) is 34.1 Å². The predicted octanol–water partition coefficient (Wildman–Crippen LogP) is 4.73. The van der Waals surface area contributed by atoms with Gasteiger partial charge >= 0.3 is 0 Å². The van der Waals surface area contributed by atoms with Crippen molar-refractivity contribution in [2.45, 2.75) is 0 Å². The first-order valence-corrected chi connectivity index (χ1v) is 8.47. The van der Waals surface area contributed by atoms with Gasteiger partial charge in [-0.2, -0.15) is 0 Å². The van der Waals surface area contributed by atoms with E-state index < -0.39 is 10.8 Å². The van der Waals surface area contributed by atoms with E-state index in [-0.39, 0.29) is 11.3 Å². The number of aromatic nitrogens is 1. The van der Waals surface area contributed by atoms with Gasteiger partial charge in [-0.15, -0.1) is 11.3 Å². The molecule has 6 nitrogen and oxygen atoms in total. The Morgan fingerprint density at radius 1 is 1.21 bits per heavy atom. The Hall–Kier alpha value is -2.58. The first-order chi connectivity index (χ1) is 11.5. The van der Waals surface area contributed by atoms with Crippen molar-refractivity contribution in [2.75, 3.05) is 5.32 Å². The number of nitrogens with zero attached hydrogens (tertiary/aromatic N) is 2. The number of hydrogen-bond acceptors (Lipinski definition) is 5. The molecule has 1 heterocycles. The van der Waals surface area contributed by atoms with Crippen LogP contribution in [0.15, 0.2) is 58.4 Å². The second kappa shape index (κ2) is 6.90. The summed E-state index contributed by atoms with van der Waals surface area (Å²) in [7, 11) is 0. The highest BCUT2D eigenvalue weighted by molar-refractivity contribution is 9.10. The van der Waals surface area contributed by atoms with Crippen molar-refractivity contribution >= 4 is 44.0 Å². The number of nitro groups is 1. The number of hydrogen-bond donors (Lipinski definition) is 1. The number of carbonyl (C=O) groups excluding carboxylic acids is 1. The third kappa shape index (κ3) is 3.66. The van der Waals surface area contributed by atoms with E-state index in [0.717, 1.165) is 15.7 Å². The van der Waals surface area contributed by atoms with Crippen LogP contribution in [0, 0.1) is 10.1 Å². The lowest BCUT2D eigenvalue weighted by atomic mass is 10.2. The van der Waals surface area contributed by atoms with Crippen LogP contribution in [0.5, 0.6) is 0 Å². The molecular formula is C16H10BrN3O3S. The molecule has 3 aromatic rings. The van der Waals surface area contributed by atoms with Crippen molar-refractivity contribution < 1.29 is 9.72 Å². The quantitative estimate of drug-likeness (QED) is 0.503. The zero-order valence-electron chi connectivity index (χ0n) is 12.1. The number of anilines is 1. The number of non-ortho nitro benzene ring substituents is 1. The molecular weight excluding hydrogens is 394 g/mol. The maximum absolute atomic E-state index is 12.2. The number of halogens is 1. The molecule has 8 heteroatoms. The fourth-order valence-electron chi connectivity index (χ4n) is 2.01. The zero-order chi connectivity index (χ0) is 17.1. The highest BCUT2D eigenvalue weighted by Gasteiger charge is 2.13. The second-order valence-electron chi connectivity index (χ2n) is 4.81. The number of carbonyl (C=O) groups is 1. The molecule has 0 saturated heterocycles. The van der Waals surface area contributed by atoms with Crippen molar-refractivity contribution in [1.82, 2.24) is 4.98 Å². The van der Waals surface area contributed by atoms with Gasteiger partial charge in [-0.05, 0) is 18.2 Å². The summed E-state index contributed by atoms with van der Waals surface area (Å²) in [4.78, 5) is 26.8. The van der Waals surface area contributed by atoms with Crippen LogP contribution in [0.4, 0.5) is 10.8 Å². The molecule has 0 fully saturated rings. The van der Waals surface area contributed by atoms with Gasteiger partial charge in [-0.25, -0.2) is 4.98 Å². The Labute approximate surface area is 149 Å². The van der Waals surface area contributed by atoms with Crippen molar-refractivity contribution in [3.63, 3.8) is 0 Å². The first kappa shape index (κ1) is 16.3. The van der Waals surface area contributed by atoms with Crippen LogP contribution in [0.1, 0.15) is 10.4 Å². The van der Waals surface area contributed by atoms with E-state index in [0.29, 0.717) is 5.13 Å². The number of amides is 1. The summed E-state index contributed by atoms with van der Waals surface area (Å²) in [6, 6.07) is 13.2. The number of rotatable bonds is 4. The average molecular weight is 404 g/mol. The molecule has 1 aromatic heterocycles. The molecule has 0 bridgehead atoms. The molecule has 3 rings (SSSR count). The molecule has 2 aromatic carbocycles. The molecule has 0 aliphatic carbocycles. The third-order valence-electron chi connectivity index (χ3n) is 3.18. The van der Waals surface area contributed by atoms with Gasteiger partial charge in [0.1, 0.15) is 0 Å². The molecule has 0 atom stereocenters. The molecule has 24 heavy (non-hydrogen) atoms. The summed E-state index contributed by atoms with van der Waals surface area (Å²) in [5.41, 5.74) is 1.77. The standard InChI is InChI=1S/C16H10BrN3O3S/c17-12-6-4-10(5-7-12)14-9-24-16(18-14)19-15(21)11-2-1-3-13(8-11)20(22)23/h1-9H,(H,18,19,21). The van der Waals surface area contributed by atoms with Crippen LogP contribution in [0.2, 0.25) is 0 Å². The van der Waals surface area contributed by atoms with Crippen LogP contribution in [-0.2, 0) is 0 Å². The lowest BCUT2D eigenvalue weighted by Crippen LogP contribution is -2.11. The van der Waals surface area contributed by atoms with E-state index in [4.69, 9.17) is 0 Å². The molecule has 1 amide bonds. The largest absolute Gasteiger partial charge is 0.298 e. The smallest absolute Gasteiger partial charge is 0.270 e. The van der Waals surface area contributed by atoms with E-state index in [1.165, 1.54) is 35.6 Å². The van der Waals surface area contributed by atoms with Crippen LogP contribution >= 0.6 is 27.3 Å². The van der Waals surface area contributed by atoms with Gasteiger partial charge in [0.25, 0.3) is 11.6 Å². The second-order valence-corrected chi connectivity index (χ2v) is 6.58. The maximum atomic E-state index is 12.2. The number of nitro benzene ring substituents is 1. The monoisotopic (exact) mass is 403 g/mol. The normalized spacial score (nSPS) is 10.4. The van der Waals surface area contributed by atoms with E-state index in [1.54, 1.807) is 0 Å². The minimum absolute atomic E-state index is 0.127. The topological polar surface area (TPSA) is 85.1 Å². The Kier molecular flexibility index (Phi) is 4.68. The van der Waals surface area contributed by atoms with Crippen molar-refractivity contribution in [3.05, 3.63) is 74.1 Å². The Morgan fingerprint density at radius 3 is 2.67 bits per heavy atom. The van der Waals surface area contributed by atoms with Gasteiger partial charge in [0, 0.05) is 33.1 Å². The average Bonchev–Trinajstić information content (AvgIpc) is 3.04. The van der Waals surface area contributed by atoms with E-state index in [9.17, 15) is 14.9 Å². The summed E-state index contributed by atoms with van der Waals surface area (Å²) < 4.78 is 0.973. The lowest BCUT2D eigenvalue weighted by Gasteiger charge is -2.01. The van der Waals surface area contributed by atoms with Crippen LogP contribution in [0.25, 0.3) is 11.3 Å². The van der Waals surface area contributed by atoms with Gasteiger partial charge in [0.05, 0.1) is 10.6 Å². The molecule has 120 valence electrons. The molecule has 0 spiro atoms. The van der Waals surface area contributed by atoms with Gasteiger partial charge < -0.3 is 0 Å². The SMILES string of the molecule is O=C(Nc1nc(-c2ccc(Br)cc2)cs1)c1cccc([N+](=O)[O-])c1. The summed E-state index contributed by atoms with van der Waals surface area (Å²) in [5, 5.41) is 15.7. The molecule has 0 aliphatic heterocycles. The fourth-order valence-corrected chi connectivity index (χ4v) is 2.99. The van der Waals surface area contributed by atoms with Crippen molar-refractivity contribution in [1.29, 1.82) is 0 Å². The van der Waals surface area contributed by atoms with Gasteiger partial charge in [-0.3, -0.25) is 20.2 Å². The molecule has 0 unspecified atom stereocenters. The summed E-state index contributed by atoms with van der Waals surface area (Å²) in [6.45, 7) is 0. The highest BCUT2D eigenvalue weighted by atomic mass is 79.9. The number of thiazole rings is 1. The molecule has 0 saturated carbocycles. The molecule has 0 aliphatic rings. The maximum Gasteiger partial charge on any atom is 0.270 e. The molecule has 1 N–H and O–H groups in total. The summed E-state index contributed by atoms with van der Waals surface area (Å²) >= 11 is 4.67. The minimum atomic E-state index is -0.536. The van der Waals surface area contributed by atoms with Crippen LogP contribution in [-0.4, -0.2) is 15.8 Å². The molecule has 0 radical (unpaired) electrons. The van der Waals surface area contributed by atoms with E-state index in [1.807, 2.05) is 29.6 Å². The minimum Gasteiger partial charge on any atom is -0.298 e. The van der Waals surface area contributed by atoms with Crippen LogP contribution < -0.4 is 5.32 Å². The van der Waals surface area contributed by atoms with Gasteiger partial charge in [0.15, 0.2) is 5.13 Å². The number of nitrogens with one attached hydrogen (secondary N) is 1. The number of benzene rings is 2. The van der Waals surface area contributed by atoms with E-state index in [2.05, 4.69) is 26.2 Å². The highest BCUT2D eigenvalue weighted by Crippen LogP contribution is 2.26. The Morgan fingerprint density at radius 2 is 1.96 bits per heavy atom. The Balaban J connectivity index is 1.77. The summed E-state index contributed by atoms with van der Waals surface area (Å²) in [5.74, 6) is -0.435. The van der Waals surface area contributed by atoms with Crippen molar-refractivity contribution in [3.8, 4) is 11.3 Å². The van der Waals surface area contributed by atoms with E-state index >= 15 is 0 Å². The fraction of sp³-hybridized carbons (Fsp3) is 0. The van der Waals surface area contributed by atoms with Crippen molar-refractivity contribution in [2.24, 2.45) is 0 Å². The van der Waals surface area contributed by atoms with Crippen LogP contribution in [0.3, 0.4) is 0 Å². The lowest BCUT2D eigenvalue weighted by molar-refractivity contribution is -0.384.